The Morgan fingerprint density at radius 1 is 1.42 bits per heavy atom. The van der Waals surface area contributed by atoms with Crippen LogP contribution in [0.2, 0.25) is 0 Å². The topological polar surface area (TPSA) is 27.3 Å². The monoisotopic (exact) mass is 261 g/mol. The van der Waals surface area contributed by atoms with Crippen molar-refractivity contribution >= 4 is 5.69 Å². The normalized spacial score (nSPS) is 20.5. The minimum Gasteiger partial charge on any atom is -0.385 e. The lowest BCUT2D eigenvalue weighted by Gasteiger charge is -2.31. The van der Waals surface area contributed by atoms with Crippen LogP contribution in [0.3, 0.4) is 0 Å². The highest BCUT2D eigenvalue weighted by atomic mass is 15.2. The van der Waals surface area contributed by atoms with Gasteiger partial charge in [0.25, 0.3) is 0 Å². The van der Waals surface area contributed by atoms with Gasteiger partial charge in [0.05, 0.1) is 0 Å². The van der Waals surface area contributed by atoms with Gasteiger partial charge in [-0.15, -0.1) is 0 Å². The van der Waals surface area contributed by atoms with Gasteiger partial charge in [0.1, 0.15) is 0 Å². The summed E-state index contributed by atoms with van der Waals surface area (Å²) in [5.41, 5.74) is 4.12. The number of rotatable bonds is 5. The quantitative estimate of drug-likeness (QED) is 0.851. The van der Waals surface area contributed by atoms with Crippen molar-refractivity contribution in [3.05, 3.63) is 29.3 Å². The van der Waals surface area contributed by atoms with E-state index < -0.39 is 0 Å². The Balaban J connectivity index is 1.85. The summed E-state index contributed by atoms with van der Waals surface area (Å²) in [6.45, 7) is 8.90. The Morgan fingerprint density at radius 2 is 2.26 bits per heavy atom. The number of para-hydroxylation sites is 1. The second-order valence-electron chi connectivity index (χ2n) is 5.59. The molecule has 1 fully saturated rings. The molecular weight excluding hydrogens is 234 g/mol. The molecule has 1 aromatic rings. The van der Waals surface area contributed by atoms with Crippen LogP contribution < -0.4 is 10.6 Å². The van der Waals surface area contributed by atoms with Gasteiger partial charge < -0.3 is 15.5 Å². The largest absolute Gasteiger partial charge is 0.385 e. The molecule has 0 saturated carbocycles. The third-order valence-electron chi connectivity index (χ3n) is 3.99. The standard InChI is InChI=1S/C16H27N3/c1-4-14-7-5-6-13(2)16(14)18-9-8-15-12-19(3)11-10-17-15/h5-7,15,17-18H,4,8-12H2,1-3H3. The average Bonchev–Trinajstić information content (AvgIpc) is 2.40. The van der Waals surface area contributed by atoms with Gasteiger partial charge >= 0.3 is 0 Å². The van der Waals surface area contributed by atoms with Crippen LogP contribution in [0.5, 0.6) is 0 Å². The van der Waals surface area contributed by atoms with Crippen LogP contribution in [0.4, 0.5) is 5.69 Å². The number of nitrogens with zero attached hydrogens (tertiary/aromatic N) is 1. The average molecular weight is 261 g/mol. The van der Waals surface area contributed by atoms with Gasteiger partial charge in [-0.25, -0.2) is 0 Å². The number of nitrogens with one attached hydrogen (secondary N) is 2. The van der Waals surface area contributed by atoms with E-state index in [1.165, 1.54) is 29.8 Å². The molecular formula is C16H27N3. The molecule has 1 heterocycles. The highest BCUT2D eigenvalue weighted by molar-refractivity contribution is 5.57. The van der Waals surface area contributed by atoms with Crippen molar-refractivity contribution in [1.82, 2.24) is 10.2 Å². The van der Waals surface area contributed by atoms with Crippen LogP contribution in [0.1, 0.15) is 24.5 Å². The number of hydrogen-bond donors (Lipinski definition) is 2. The van der Waals surface area contributed by atoms with E-state index in [1.54, 1.807) is 0 Å². The number of benzene rings is 1. The molecule has 106 valence electrons. The van der Waals surface area contributed by atoms with Gasteiger partial charge in [0.2, 0.25) is 0 Å². The molecule has 2 rings (SSSR count). The van der Waals surface area contributed by atoms with E-state index in [0.29, 0.717) is 6.04 Å². The maximum absolute atomic E-state index is 3.64. The van der Waals surface area contributed by atoms with Crippen molar-refractivity contribution in [1.29, 1.82) is 0 Å². The lowest BCUT2D eigenvalue weighted by Crippen LogP contribution is -2.49. The van der Waals surface area contributed by atoms with Gasteiger partial charge in [0, 0.05) is 37.9 Å². The van der Waals surface area contributed by atoms with Gasteiger partial charge in [-0.3, -0.25) is 0 Å². The predicted molar refractivity (Wildman–Crippen MR) is 83.0 cm³/mol. The molecule has 19 heavy (non-hydrogen) atoms. The van der Waals surface area contributed by atoms with Crippen molar-refractivity contribution in [2.45, 2.75) is 32.7 Å². The first-order valence-electron chi connectivity index (χ1n) is 7.45. The summed E-state index contributed by atoms with van der Waals surface area (Å²) in [5, 5.41) is 7.23. The van der Waals surface area contributed by atoms with Crippen LogP contribution in [-0.4, -0.2) is 44.2 Å². The van der Waals surface area contributed by atoms with Gasteiger partial charge in [-0.2, -0.15) is 0 Å². The third-order valence-corrected chi connectivity index (χ3v) is 3.99. The maximum Gasteiger partial charge on any atom is 0.0402 e. The smallest absolute Gasteiger partial charge is 0.0402 e. The van der Waals surface area contributed by atoms with Gasteiger partial charge in [-0.1, -0.05) is 25.1 Å². The van der Waals surface area contributed by atoms with Crippen molar-refractivity contribution in [2.24, 2.45) is 0 Å². The Hall–Kier alpha value is -1.06. The zero-order valence-corrected chi connectivity index (χ0v) is 12.5. The fraction of sp³-hybridized carbons (Fsp3) is 0.625. The van der Waals surface area contributed by atoms with Crippen molar-refractivity contribution < 1.29 is 0 Å². The molecule has 0 radical (unpaired) electrons. The molecule has 0 aromatic heterocycles. The minimum atomic E-state index is 0.625. The molecule has 1 unspecified atom stereocenters. The van der Waals surface area contributed by atoms with Crippen LogP contribution in [0, 0.1) is 6.92 Å². The first kappa shape index (κ1) is 14.4. The SMILES string of the molecule is CCc1cccc(C)c1NCCC1CN(C)CCN1. The van der Waals surface area contributed by atoms with Gasteiger partial charge in [-0.05, 0) is 37.9 Å². The number of likely N-dealkylation sites (N-methyl/N-ethyl adjacent to an activating group) is 1. The Morgan fingerprint density at radius 3 is 3.00 bits per heavy atom. The van der Waals surface area contributed by atoms with E-state index in [4.69, 9.17) is 0 Å². The summed E-state index contributed by atoms with van der Waals surface area (Å²) in [6, 6.07) is 7.19. The summed E-state index contributed by atoms with van der Waals surface area (Å²) in [5.74, 6) is 0. The molecule has 1 aromatic carbocycles. The van der Waals surface area contributed by atoms with Crippen LogP contribution >= 0.6 is 0 Å². The molecule has 0 aliphatic carbocycles. The predicted octanol–water partition coefficient (Wildman–Crippen LogP) is 2.26. The summed E-state index contributed by atoms with van der Waals surface area (Å²) in [7, 11) is 2.21. The van der Waals surface area contributed by atoms with Crippen molar-refractivity contribution in [2.75, 3.05) is 38.5 Å². The molecule has 1 atom stereocenters. The lowest BCUT2D eigenvalue weighted by atomic mass is 10.1. The highest BCUT2D eigenvalue weighted by Crippen LogP contribution is 2.21. The zero-order valence-electron chi connectivity index (χ0n) is 12.5. The van der Waals surface area contributed by atoms with E-state index in [9.17, 15) is 0 Å². The minimum absolute atomic E-state index is 0.625. The Bertz CT molecular complexity index is 403. The van der Waals surface area contributed by atoms with Crippen LogP contribution in [0.25, 0.3) is 0 Å². The van der Waals surface area contributed by atoms with Crippen LogP contribution in [0.15, 0.2) is 18.2 Å². The summed E-state index contributed by atoms with van der Waals surface area (Å²) in [4.78, 5) is 2.41. The molecule has 3 nitrogen and oxygen atoms in total. The molecule has 1 aliphatic heterocycles. The van der Waals surface area contributed by atoms with Gasteiger partial charge in [0.15, 0.2) is 0 Å². The molecule has 0 spiro atoms. The first-order chi connectivity index (χ1) is 9.20. The number of anilines is 1. The molecule has 1 saturated heterocycles. The van der Waals surface area contributed by atoms with Crippen molar-refractivity contribution in [3.63, 3.8) is 0 Å². The zero-order chi connectivity index (χ0) is 13.7. The van der Waals surface area contributed by atoms with E-state index in [-0.39, 0.29) is 0 Å². The fourth-order valence-corrected chi connectivity index (χ4v) is 2.83. The highest BCUT2D eigenvalue weighted by Gasteiger charge is 2.15. The molecule has 2 N–H and O–H groups in total. The fourth-order valence-electron chi connectivity index (χ4n) is 2.83. The van der Waals surface area contributed by atoms with Crippen molar-refractivity contribution in [3.8, 4) is 0 Å². The molecule has 0 bridgehead atoms. The number of aryl methyl sites for hydroxylation is 2. The summed E-state index contributed by atoms with van der Waals surface area (Å²) < 4.78 is 0. The van der Waals surface area contributed by atoms with E-state index in [2.05, 4.69) is 54.6 Å². The third kappa shape index (κ3) is 3.95. The Labute approximate surface area is 117 Å². The second-order valence-corrected chi connectivity index (χ2v) is 5.59. The summed E-state index contributed by atoms with van der Waals surface area (Å²) >= 11 is 0. The van der Waals surface area contributed by atoms with E-state index in [0.717, 1.165) is 26.1 Å². The second kappa shape index (κ2) is 6.92. The molecule has 0 amide bonds. The lowest BCUT2D eigenvalue weighted by molar-refractivity contribution is 0.234. The number of hydrogen-bond acceptors (Lipinski definition) is 3. The maximum atomic E-state index is 3.64. The van der Waals surface area contributed by atoms with E-state index in [1.807, 2.05) is 0 Å². The molecule has 3 heteroatoms. The van der Waals surface area contributed by atoms with Crippen LogP contribution in [-0.2, 0) is 6.42 Å². The first-order valence-corrected chi connectivity index (χ1v) is 7.45. The Kier molecular flexibility index (Phi) is 5.23. The van der Waals surface area contributed by atoms with E-state index >= 15 is 0 Å². The number of piperazine rings is 1. The molecule has 1 aliphatic rings. The summed E-state index contributed by atoms with van der Waals surface area (Å²) in [6.07, 6.45) is 2.27.